The van der Waals surface area contributed by atoms with Crippen LogP contribution in [0.25, 0.3) is 0 Å². The number of alkyl halides is 1. The Kier molecular flexibility index (Phi) is 5.00. The van der Waals surface area contributed by atoms with E-state index in [0.29, 0.717) is 13.0 Å². The second-order valence-corrected chi connectivity index (χ2v) is 5.41. The van der Waals surface area contributed by atoms with Gasteiger partial charge in [0.05, 0.1) is 13.2 Å². The van der Waals surface area contributed by atoms with Crippen LogP contribution in [0.4, 0.5) is 4.39 Å². The fourth-order valence-electron chi connectivity index (χ4n) is 2.49. The molecule has 22 heavy (non-hydrogen) atoms. The molecular weight excluding hydrogens is 289 g/mol. The lowest BCUT2D eigenvalue weighted by Crippen LogP contribution is -2.38. The quantitative estimate of drug-likeness (QED) is 0.873. The van der Waals surface area contributed by atoms with E-state index in [1.807, 2.05) is 31.2 Å². The van der Waals surface area contributed by atoms with E-state index in [-0.39, 0.29) is 31.8 Å². The highest BCUT2D eigenvalue weighted by Gasteiger charge is 2.46. The van der Waals surface area contributed by atoms with Crippen molar-refractivity contribution < 1.29 is 23.8 Å². The molecule has 1 fully saturated rings. The molecule has 1 aromatic carbocycles. The number of amides is 1. The SMILES string of the molecule is CCOc1ccc(CCC(=O)N2CCC(F)(C(=O)O)C2)cc1. The van der Waals surface area contributed by atoms with Crippen LogP contribution in [0, 0.1) is 0 Å². The summed E-state index contributed by atoms with van der Waals surface area (Å²) in [6.07, 6.45) is 0.634. The first-order valence-electron chi connectivity index (χ1n) is 7.36. The van der Waals surface area contributed by atoms with E-state index >= 15 is 0 Å². The van der Waals surface area contributed by atoms with E-state index in [0.717, 1.165) is 11.3 Å². The van der Waals surface area contributed by atoms with Gasteiger partial charge in [-0.05, 0) is 31.0 Å². The summed E-state index contributed by atoms with van der Waals surface area (Å²) in [5.74, 6) is -0.926. The number of likely N-dealkylation sites (tertiary alicyclic amines) is 1. The Labute approximate surface area is 128 Å². The molecule has 1 N–H and O–H groups in total. The second-order valence-electron chi connectivity index (χ2n) is 5.41. The van der Waals surface area contributed by atoms with E-state index in [2.05, 4.69) is 0 Å². The van der Waals surface area contributed by atoms with Crippen LogP contribution in [0.5, 0.6) is 5.75 Å². The molecule has 120 valence electrons. The first kappa shape index (κ1) is 16.3. The summed E-state index contributed by atoms with van der Waals surface area (Å²) in [7, 11) is 0. The van der Waals surface area contributed by atoms with Crippen LogP contribution in [0.3, 0.4) is 0 Å². The van der Waals surface area contributed by atoms with Gasteiger partial charge in [0, 0.05) is 19.4 Å². The third kappa shape index (κ3) is 3.75. The highest BCUT2D eigenvalue weighted by Crippen LogP contribution is 2.26. The van der Waals surface area contributed by atoms with Crippen molar-refractivity contribution in [2.45, 2.75) is 31.9 Å². The highest BCUT2D eigenvalue weighted by atomic mass is 19.1. The van der Waals surface area contributed by atoms with Gasteiger partial charge in [-0.25, -0.2) is 9.18 Å². The molecule has 1 atom stereocenters. The zero-order valence-electron chi connectivity index (χ0n) is 12.5. The lowest BCUT2D eigenvalue weighted by molar-refractivity contribution is -0.150. The maximum Gasteiger partial charge on any atom is 0.343 e. The maximum absolute atomic E-state index is 13.9. The van der Waals surface area contributed by atoms with Gasteiger partial charge < -0.3 is 14.7 Å². The molecule has 1 aromatic rings. The molecule has 1 aliphatic heterocycles. The Morgan fingerprint density at radius 2 is 2.05 bits per heavy atom. The van der Waals surface area contributed by atoms with Gasteiger partial charge in [0.15, 0.2) is 0 Å². The summed E-state index contributed by atoms with van der Waals surface area (Å²) in [6.45, 7) is 2.31. The summed E-state index contributed by atoms with van der Waals surface area (Å²) in [4.78, 5) is 24.2. The number of ether oxygens (including phenoxy) is 1. The molecule has 1 unspecified atom stereocenters. The molecule has 5 nitrogen and oxygen atoms in total. The number of rotatable bonds is 6. The first-order valence-corrected chi connectivity index (χ1v) is 7.36. The molecule has 0 spiro atoms. The molecule has 1 amide bonds. The third-order valence-electron chi connectivity index (χ3n) is 3.82. The molecule has 0 bridgehead atoms. The van der Waals surface area contributed by atoms with E-state index in [9.17, 15) is 14.0 Å². The van der Waals surface area contributed by atoms with Crippen molar-refractivity contribution in [3.63, 3.8) is 0 Å². The van der Waals surface area contributed by atoms with E-state index in [4.69, 9.17) is 9.84 Å². The van der Waals surface area contributed by atoms with Crippen molar-refractivity contribution in [1.82, 2.24) is 4.90 Å². The van der Waals surface area contributed by atoms with Crippen molar-refractivity contribution in [3.05, 3.63) is 29.8 Å². The summed E-state index contributed by atoms with van der Waals surface area (Å²) in [5.41, 5.74) is -1.31. The van der Waals surface area contributed by atoms with Crippen LogP contribution < -0.4 is 4.74 Å². The summed E-state index contributed by atoms with van der Waals surface area (Å²) >= 11 is 0. The zero-order valence-corrected chi connectivity index (χ0v) is 12.5. The third-order valence-corrected chi connectivity index (χ3v) is 3.82. The molecule has 0 radical (unpaired) electrons. The summed E-state index contributed by atoms with van der Waals surface area (Å²) in [6, 6.07) is 7.46. The number of carboxylic acid groups (broad SMARTS) is 1. The number of halogens is 1. The molecule has 6 heteroatoms. The summed E-state index contributed by atoms with van der Waals surface area (Å²) < 4.78 is 19.3. The second kappa shape index (κ2) is 6.77. The number of nitrogens with zero attached hydrogens (tertiary/aromatic N) is 1. The van der Waals surface area contributed by atoms with Gasteiger partial charge in [0.25, 0.3) is 0 Å². The number of hydrogen-bond donors (Lipinski definition) is 1. The van der Waals surface area contributed by atoms with Crippen LogP contribution in [0.15, 0.2) is 24.3 Å². The fraction of sp³-hybridized carbons (Fsp3) is 0.500. The van der Waals surface area contributed by atoms with Crippen molar-refractivity contribution in [1.29, 1.82) is 0 Å². The number of hydrogen-bond acceptors (Lipinski definition) is 3. The van der Waals surface area contributed by atoms with Gasteiger partial charge >= 0.3 is 5.97 Å². The van der Waals surface area contributed by atoms with Crippen molar-refractivity contribution in [2.24, 2.45) is 0 Å². The van der Waals surface area contributed by atoms with Crippen LogP contribution in [0.2, 0.25) is 0 Å². The number of benzene rings is 1. The summed E-state index contributed by atoms with van der Waals surface area (Å²) in [5, 5.41) is 8.82. The average Bonchev–Trinajstić information content (AvgIpc) is 2.91. The maximum atomic E-state index is 13.9. The molecular formula is C16H20FNO4. The van der Waals surface area contributed by atoms with Gasteiger partial charge in [-0.15, -0.1) is 0 Å². The minimum Gasteiger partial charge on any atom is -0.494 e. The average molecular weight is 309 g/mol. The Morgan fingerprint density at radius 3 is 2.59 bits per heavy atom. The molecule has 0 saturated carbocycles. The highest BCUT2D eigenvalue weighted by molar-refractivity contribution is 5.82. The topological polar surface area (TPSA) is 66.8 Å². The van der Waals surface area contributed by atoms with Crippen molar-refractivity contribution in [2.75, 3.05) is 19.7 Å². The number of carboxylic acids is 1. The monoisotopic (exact) mass is 309 g/mol. The normalized spacial score (nSPS) is 20.9. The van der Waals surface area contributed by atoms with Crippen LogP contribution in [-0.2, 0) is 16.0 Å². The molecule has 1 heterocycles. The van der Waals surface area contributed by atoms with Crippen LogP contribution in [0.1, 0.15) is 25.3 Å². The number of carbonyl (C=O) groups excluding carboxylic acids is 1. The standard InChI is InChI=1S/C16H20FNO4/c1-2-22-13-6-3-12(4-7-13)5-8-14(19)18-10-9-16(17,11-18)15(20)21/h3-4,6-7H,2,5,8-11H2,1H3,(H,20,21). The lowest BCUT2D eigenvalue weighted by atomic mass is 10.1. The van der Waals surface area contributed by atoms with E-state index in [1.165, 1.54) is 4.90 Å². The van der Waals surface area contributed by atoms with Crippen LogP contribution in [-0.4, -0.2) is 47.2 Å². The lowest BCUT2D eigenvalue weighted by Gasteiger charge is -2.17. The van der Waals surface area contributed by atoms with Gasteiger partial charge in [0.1, 0.15) is 5.75 Å². The van der Waals surface area contributed by atoms with Crippen molar-refractivity contribution >= 4 is 11.9 Å². The smallest absolute Gasteiger partial charge is 0.343 e. The molecule has 1 saturated heterocycles. The Morgan fingerprint density at radius 1 is 1.36 bits per heavy atom. The zero-order chi connectivity index (χ0) is 16.2. The predicted octanol–water partition coefficient (Wildman–Crippen LogP) is 2.04. The van der Waals surface area contributed by atoms with Gasteiger partial charge in [-0.2, -0.15) is 0 Å². The Balaban J connectivity index is 1.84. The molecule has 2 rings (SSSR count). The molecule has 0 aliphatic carbocycles. The van der Waals surface area contributed by atoms with Crippen LogP contribution >= 0.6 is 0 Å². The van der Waals surface area contributed by atoms with E-state index in [1.54, 1.807) is 0 Å². The van der Waals surface area contributed by atoms with Crippen molar-refractivity contribution in [3.8, 4) is 5.75 Å². The number of carbonyl (C=O) groups is 2. The fourth-order valence-corrected chi connectivity index (χ4v) is 2.49. The minimum absolute atomic E-state index is 0.142. The molecule has 0 aromatic heterocycles. The molecule has 1 aliphatic rings. The van der Waals surface area contributed by atoms with Gasteiger partial charge in [0.2, 0.25) is 11.6 Å². The largest absolute Gasteiger partial charge is 0.494 e. The Hall–Kier alpha value is -2.11. The van der Waals surface area contributed by atoms with Gasteiger partial charge in [-0.3, -0.25) is 4.79 Å². The number of aryl methyl sites for hydroxylation is 1. The minimum atomic E-state index is -2.30. The van der Waals surface area contributed by atoms with E-state index < -0.39 is 11.6 Å². The first-order chi connectivity index (χ1) is 10.4. The number of aliphatic carboxylic acids is 1. The Bertz CT molecular complexity index is 546. The van der Waals surface area contributed by atoms with Gasteiger partial charge in [-0.1, -0.05) is 12.1 Å². The predicted molar refractivity (Wildman–Crippen MR) is 78.6 cm³/mol.